The van der Waals surface area contributed by atoms with Gasteiger partial charge in [-0.15, -0.1) is 0 Å². The lowest BCUT2D eigenvalue weighted by Crippen LogP contribution is -2.30. The minimum Gasteiger partial charge on any atom is -0.398 e. The number of anilines is 1. The van der Waals surface area contributed by atoms with E-state index in [1.54, 1.807) is 18.2 Å². The number of carbonyl (C=O) groups excluding carboxylic acids is 1. The molecule has 0 aliphatic carbocycles. The number of pyridine rings is 1. The first-order valence-electron chi connectivity index (χ1n) is 5.98. The van der Waals surface area contributed by atoms with Crippen LogP contribution in [-0.2, 0) is 16.6 Å². The first kappa shape index (κ1) is 13.8. The van der Waals surface area contributed by atoms with E-state index in [1.165, 1.54) is 18.3 Å². The third-order valence-electron chi connectivity index (χ3n) is 3.22. The van der Waals surface area contributed by atoms with Gasteiger partial charge in [-0.25, -0.2) is 9.29 Å². The Labute approximate surface area is 126 Å². The number of halogens is 1. The summed E-state index contributed by atoms with van der Waals surface area (Å²) in [6.45, 7) is -0.219. The SMILES string of the molecule is Nc1cccc(Cl)c1CN1C(=O)c2cccnc2S1(=O)=O. The fourth-order valence-corrected chi connectivity index (χ4v) is 3.84. The molecule has 0 unspecified atom stereocenters. The molecule has 6 nitrogen and oxygen atoms in total. The number of fused-ring (bicyclic) bond motifs is 1. The van der Waals surface area contributed by atoms with Crippen molar-refractivity contribution in [2.24, 2.45) is 0 Å². The van der Waals surface area contributed by atoms with Gasteiger partial charge in [-0.1, -0.05) is 17.7 Å². The molecule has 2 N–H and O–H groups in total. The van der Waals surface area contributed by atoms with Crippen LogP contribution in [0.4, 0.5) is 5.69 Å². The van der Waals surface area contributed by atoms with Gasteiger partial charge in [0.05, 0.1) is 12.1 Å². The number of aromatic nitrogens is 1. The summed E-state index contributed by atoms with van der Waals surface area (Å²) in [4.78, 5) is 16.0. The maximum absolute atomic E-state index is 12.4. The molecule has 1 aromatic heterocycles. The van der Waals surface area contributed by atoms with Gasteiger partial charge in [0.25, 0.3) is 15.9 Å². The molecule has 3 rings (SSSR count). The van der Waals surface area contributed by atoms with Crippen LogP contribution < -0.4 is 5.73 Å². The highest BCUT2D eigenvalue weighted by atomic mass is 35.5. The Morgan fingerprint density at radius 1 is 1.24 bits per heavy atom. The van der Waals surface area contributed by atoms with E-state index in [4.69, 9.17) is 17.3 Å². The van der Waals surface area contributed by atoms with Crippen LogP contribution in [0.2, 0.25) is 5.02 Å². The molecule has 8 heteroatoms. The van der Waals surface area contributed by atoms with Crippen LogP contribution in [0.15, 0.2) is 41.6 Å². The molecule has 0 atom stereocenters. The molecule has 21 heavy (non-hydrogen) atoms. The van der Waals surface area contributed by atoms with Crippen LogP contribution in [0.1, 0.15) is 15.9 Å². The van der Waals surface area contributed by atoms with E-state index in [1.807, 2.05) is 0 Å². The summed E-state index contributed by atoms with van der Waals surface area (Å²) in [5, 5.41) is 0.0718. The second-order valence-corrected chi connectivity index (χ2v) is 6.67. The van der Waals surface area contributed by atoms with Crippen LogP contribution in [-0.4, -0.2) is 23.6 Å². The number of nitrogens with zero attached hydrogens (tertiary/aromatic N) is 2. The van der Waals surface area contributed by atoms with Gasteiger partial charge in [-0.2, -0.15) is 8.42 Å². The van der Waals surface area contributed by atoms with Crippen molar-refractivity contribution >= 4 is 33.2 Å². The van der Waals surface area contributed by atoms with E-state index < -0.39 is 15.9 Å². The molecule has 1 aliphatic heterocycles. The molecule has 1 aliphatic rings. The third kappa shape index (κ3) is 2.05. The normalized spacial score (nSPS) is 16.0. The monoisotopic (exact) mass is 323 g/mol. The minimum absolute atomic E-state index is 0.0584. The molecule has 1 aromatic carbocycles. The van der Waals surface area contributed by atoms with Crippen molar-refractivity contribution in [3.8, 4) is 0 Å². The van der Waals surface area contributed by atoms with Gasteiger partial charge >= 0.3 is 0 Å². The zero-order chi connectivity index (χ0) is 15.2. The van der Waals surface area contributed by atoms with E-state index >= 15 is 0 Å². The van der Waals surface area contributed by atoms with E-state index in [0.717, 1.165) is 4.31 Å². The number of hydrogen-bond acceptors (Lipinski definition) is 5. The Bertz CT molecular complexity index is 831. The number of sulfonamides is 1. The average molecular weight is 324 g/mol. The van der Waals surface area contributed by atoms with Crippen molar-refractivity contribution in [2.75, 3.05) is 5.73 Å². The molecule has 0 bridgehead atoms. The second kappa shape index (κ2) is 4.71. The molecular formula is C13H10ClN3O3S. The van der Waals surface area contributed by atoms with E-state index in [-0.39, 0.29) is 17.1 Å². The van der Waals surface area contributed by atoms with Gasteiger partial charge < -0.3 is 5.73 Å². The van der Waals surface area contributed by atoms with Gasteiger partial charge in [0.15, 0.2) is 5.03 Å². The van der Waals surface area contributed by atoms with E-state index in [9.17, 15) is 13.2 Å². The van der Waals surface area contributed by atoms with Gasteiger partial charge in [-0.3, -0.25) is 4.79 Å². The van der Waals surface area contributed by atoms with Crippen LogP contribution in [0.25, 0.3) is 0 Å². The highest BCUT2D eigenvalue weighted by molar-refractivity contribution is 7.90. The minimum atomic E-state index is -3.97. The summed E-state index contributed by atoms with van der Waals surface area (Å²) in [6, 6.07) is 7.78. The first-order valence-corrected chi connectivity index (χ1v) is 7.79. The number of nitrogens with two attached hydrogens (primary N) is 1. The predicted octanol–water partition coefficient (Wildman–Crippen LogP) is 1.66. The number of hydrogen-bond donors (Lipinski definition) is 1. The maximum atomic E-state index is 12.4. The number of nitrogen functional groups attached to an aromatic ring is 1. The standard InChI is InChI=1S/C13H10ClN3O3S/c14-10-4-1-5-11(15)9(10)7-17-13(18)8-3-2-6-16-12(8)21(17,19)20/h1-6H,7,15H2. The molecule has 0 spiro atoms. The molecule has 1 amide bonds. The molecule has 2 aromatic rings. The van der Waals surface area contributed by atoms with Crippen molar-refractivity contribution in [1.29, 1.82) is 0 Å². The Balaban J connectivity index is 2.08. The molecule has 0 fully saturated rings. The lowest BCUT2D eigenvalue weighted by atomic mass is 10.1. The van der Waals surface area contributed by atoms with E-state index in [2.05, 4.69) is 4.98 Å². The number of rotatable bonds is 2. The Morgan fingerprint density at radius 3 is 2.67 bits per heavy atom. The van der Waals surface area contributed by atoms with Crippen LogP contribution in [0.3, 0.4) is 0 Å². The fraction of sp³-hybridized carbons (Fsp3) is 0.0769. The smallest absolute Gasteiger partial charge is 0.285 e. The maximum Gasteiger partial charge on any atom is 0.285 e. The van der Waals surface area contributed by atoms with Crippen molar-refractivity contribution in [1.82, 2.24) is 9.29 Å². The number of carbonyl (C=O) groups is 1. The fourth-order valence-electron chi connectivity index (χ4n) is 2.15. The lowest BCUT2D eigenvalue weighted by molar-refractivity contribution is 0.0865. The zero-order valence-electron chi connectivity index (χ0n) is 10.7. The first-order chi connectivity index (χ1) is 9.93. The summed E-state index contributed by atoms with van der Waals surface area (Å²) >= 11 is 6.03. The predicted molar refractivity (Wildman–Crippen MR) is 77.2 cm³/mol. The molecular weight excluding hydrogens is 314 g/mol. The quantitative estimate of drug-likeness (QED) is 0.848. The molecule has 0 saturated heterocycles. The molecule has 0 radical (unpaired) electrons. The van der Waals surface area contributed by atoms with Crippen molar-refractivity contribution in [2.45, 2.75) is 11.6 Å². The molecule has 0 saturated carbocycles. The zero-order valence-corrected chi connectivity index (χ0v) is 12.2. The largest absolute Gasteiger partial charge is 0.398 e. The second-order valence-electron chi connectivity index (χ2n) is 4.48. The Morgan fingerprint density at radius 2 is 2.00 bits per heavy atom. The summed E-state index contributed by atoms with van der Waals surface area (Å²) in [5.41, 5.74) is 6.58. The van der Waals surface area contributed by atoms with Gasteiger partial charge in [-0.05, 0) is 24.3 Å². The molecule has 2 heterocycles. The summed E-state index contributed by atoms with van der Waals surface area (Å²) in [6.07, 6.45) is 1.33. The van der Waals surface area contributed by atoms with Crippen LogP contribution in [0.5, 0.6) is 0 Å². The Kier molecular flexibility index (Phi) is 3.11. The highest BCUT2D eigenvalue weighted by Gasteiger charge is 2.42. The summed E-state index contributed by atoms with van der Waals surface area (Å²) in [5.74, 6) is -0.627. The summed E-state index contributed by atoms with van der Waals surface area (Å²) < 4.78 is 25.5. The van der Waals surface area contributed by atoms with Crippen LogP contribution in [0, 0.1) is 0 Å². The lowest BCUT2D eigenvalue weighted by Gasteiger charge is -2.17. The highest BCUT2D eigenvalue weighted by Crippen LogP contribution is 2.32. The van der Waals surface area contributed by atoms with Crippen LogP contribution >= 0.6 is 11.6 Å². The number of amides is 1. The van der Waals surface area contributed by atoms with Gasteiger partial charge in [0.1, 0.15) is 0 Å². The van der Waals surface area contributed by atoms with Crippen molar-refractivity contribution < 1.29 is 13.2 Å². The topological polar surface area (TPSA) is 93.4 Å². The van der Waals surface area contributed by atoms with E-state index in [0.29, 0.717) is 16.3 Å². The van der Waals surface area contributed by atoms with Gasteiger partial charge in [0.2, 0.25) is 0 Å². The summed E-state index contributed by atoms with van der Waals surface area (Å²) in [7, 11) is -3.97. The Hall–Kier alpha value is -2.12. The van der Waals surface area contributed by atoms with Gasteiger partial charge in [0, 0.05) is 22.5 Å². The third-order valence-corrected chi connectivity index (χ3v) is 5.26. The van der Waals surface area contributed by atoms with Crippen molar-refractivity contribution in [3.63, 3.8) is 0 Å². The average Bonchev–Trinajstić information content (AvgIpc) is 2.64. The number of benzene rings is 1. The van der Waals surface area contributed by atoms with Crippen molar-refractivity contribution in [3.05, 3.63) is 52.7 Å². The molecule has 108 valence electrons.